The molecule has 0 aliphatic heterocycles. The van der Waals surface area contributed by atoms with E-state index in [9.17, 15) is 14.7 Å². The summed E-state index contributed by atoms with van der Waals surface area (Å²) >= 11 is 0. The molecule has 2 aromatic carbocycles. The smallest absolute Gasteiger partial charge is 0.352 e. The van der Waals surface area contributed by atoms with E-state index in [2.05, 4.69) is 5.32 Å². The molecule has 112 valence electrons. The largest absolute Gasteiger partial charge is 0.496 e. The van der Waals surface area contributed by atoms with Crippen LogP contribution in [0.3, 0.4) is 0 Å². The van der Waals surface area contributed by atoms with Gasteiger partial charge in [-0.25, -0.2) is 4.79 Å². The summed E-state index contributed by atoms with van der Waals surface area (Å²) in [6.45, 7) is 0. The van der Waals surface area contributed by atoms with Crippen molar-refractivity contribution >= 4 is 18.0 Å². The van der Waals surface area contributed by atoms with Crippen LogP contribution in [0.5, 0.6) is 5.75 Å². The van der Waals surface area contributed by atoms with Crippen molar-refractivity contribution < 1.29 is 19.4 Å². The van der Waals surface area contributed by atoms with Crippen molar-refractivity contribution in [2.45, 2.75) is 0 Å². The highest BCUT2D eigenvalue weighted by Gasteiger charge is 2.16. The Labute approximate surface area is 127 Å². The van der Waals surface area contributed by atoms with Crippen LogP contribution >= 0.6 is 0 Å². The van der Waals surface area contributed by atoms with Gasteiger partial charge in [0, 0.05) is 0 Å². The van der Waals surface area contributed by atoms with Gasteiger partial charge in [-0.15, -0.1) is 0 Å². The molecule has 0 bridgehead atoms. The Balaban J connectivity index is 2.27. The van der Waals surface area contributed by atoms with E-state index >= 15 is 0 Å². The minimum atomic E-state index is -1.22. The molecule has 0 aliphatic carbocycles. The van der Waals surface area contributed by atoms with Crippen molar-refractivity contribution in [1.82, 2.24) is 5.32 Å². The molecule has 0 aromatic heterocycles. The Bertz CT molecular complexity index is 708. The van der Waals surface area contributed by atoms with Crippen LogP contribution in [0.2, 0.25) is 0 Å². The molecule has 5 nitrogen and oxygen atoms in total. The van der Waals surface area contributed by atoms with Crippen molar-refractivity contribution in [3.05, 3.63) is 71.4 Å². The first-order chi connectivity index (χ1) is 10.6. The fourth-order valence-electron chi connectivity index (χ4n) is 1.89. The second-order valence-electron chi connectivity index (χ2n) is 4.43. The van der Waals surface area contributed by atoms with Gasteiger partial charge in [0.15, 0.2) is 0 Å². The zero-order valence-electron chi connectivity index (χ0n) is 11.9. The van der Waals surface area contributed by atoms with E-state index in [-0.39, 0.29) is 11.3 Å². The summed E-state index contributed by atoms with van der Waals surface area (Å²) in [5.74, 6) is -1.38. The third-order valence-electron chi connectivity index (χ3n) is 2.94. The van der Waals surface area contributed by atoms with Crippen molar-refractivity contribution in [2.75, 3.05) is 7.11 Å². The number of aliphatic carboxylic acids is 1. The van der Waals surface area contributed by atoms with Gasteiger partial charge in [0.1, 0.15) is 11.4 Å². The zero-order valence-corrected chi connectivity index (χ0v) is 11.9. The lowest BCUT2D eigenvalue weighted by atomic mass is 10.1. The summed E-state index contributed by atoms with van der Waals surface area (Å²) < 4.78 is 5.10. The molecule has 22 heavy (non-hydrogen) atoms. The Morgan fingerprint density at radius 3 is 2.32 bits per heavy atom. The summed E-state index contributed by atoms with van der Waals surface area (Å²) in [7, 11) is 1.45. The highest BCUT2D eigenvalue weighted by molar-refractivity contribution is 6.04. The van der Waals surface area contributed by atoms with E-state index in [0.717, 1.165) is 0 Å². The molecule has 2 rings (SSSR count). The van der Waals surface area contributed by atoms with Crippen molar-refractivity contribution in [1.29, 1.82) is 0 Å². The van der Waals surface area contributed by atoms with Crippen LogP contribution in [-0.2, 0) is 4.79 Å². The summed E-state index contributed by atoms with van der Waals surface area (Å²) in [5, 5.41) is 11.6. The van der Waals surface area contributed by atoms with E-state index in [0.29, 0.717) is 11.3 Å². The zero-order chi connectivity index (χ0) is 15.9. The molecule has 0 heterocycles. The van der Waals surface area contributed by atoms with Crippen LogP contribution in [0.1, 0.15) is 15.9 Å². The van der Waals surface area contributed by atoms with E-state index in [1.54, 1.807) is 48.5 Å². The Hall–Kier alpha value is -3.08. The number of nitrogens with one attached hydrogen (secondary N) is 1. The number of hydrogen-bond acceptors (Lipinski definition) is 3. The number of carboxylic acids is 1. The fourth-order valence-corrected chi connectivity index (χ4v) is 1.89. The van der Waals surface area contributed by atoms with Gasteiger partial charge in [-0.2, -0.15) is 0 Å². The molecule has 0 fully saturated rings. The number of benzene rings is 2. The molecule has 5 heteroatoms. The number of ether oxygens (including phenoxy) is 1. The number of carbonyl (C=O) groups is 2. The van der Waals surface area contributed by atoms with Crippen molar-refractivity contribution in [2.24, 2.45) is 0 Å². The molecule has 0 saturated heterocycles. The van der Waals surface area contributed by atoms with E-state index in [1.807, 2.05) is 6.07 Å². The molecule has 0 radical (unpaired) electrons. The average molecular weight is 297 g/mol. The molecule has 0 saturated carbocycles. The van der Waals surface area contributed by atoms with Crippen molar-refractivity contribution in [3.8, 4) is 5.75 Å². The number of rotatable bonds is 5. The van der Waals surface area contributed by atoms with Crippen LogP contribution in [0.25, 0.3) is 6.08 Å². The summed E-state index contributed by atoms with van der Waals surface area (Å²) in [6.07, 6.45) is 1.40. The number of carbonyl (C=O) groups excluding carboxylic acids is 1. The predicted octanol–water partition coefficient (Wildman–Crippen LogP) is 2.55. The number of methoxy groups -OCH3 is 1. The maximum atomic E-state index is 12.2. The third-order valence-corrected chi connectivity index (χ3v) is 2.94. The molecule has 0 aliphatic rings. The lowest BCUT2D eigenvalue weighted by Gasteiger charge is -2.09. The quantitative estimate of drug-likeness (QED) is 0.832. The van der Waals surface area contributed by atoms with E-state index < -0.39 is 11.9 Å². The van der Waals surface area contributed by atoms with Gasteiger partial charge in [-0.1, -0.05) is 42.5 Å². The van der Waals surface area contributed by atoms with Gasteiger partial charge in [0.2, 0.25) is 0 Å². The van der Waals surface area contributed by atoms with Gasteiger partial charge < -0.3 is 15.2 Å². The molecular weight excluding hydrogens is 282 g/mol. The first-order valence-corrected chi connectivity index (χ1v) is 6.56. The first kappa shape index (κ1) is 15.3. The standard InChI is InChI=1S/C17H15NO4/c1-22-15-10-6-5-9-13(15)16(19)18-14(17(20)21)11-12-7-3-2-4-8-12/h2-11H,1H3,(H,18,19)(H,20,21)/b14-11+. The lowest BCUT2D eigenvalue weighted by Crippen LogP contribution is -2.27. The van der Waals surface area contributed by atoms with Crippen LogP contribution < -0.4 is 10.1 Å². The monoisotopic (exact) mass is 297 g/mol. The molecule has 0 atom stereocenters. The number of amides is 1. The van der Waals surface area contributed by atoms with Gasteiger partial charge >= 0.3 is 5.97 Å². The van der Waals surface area contributed by atoms with Gasteiger partial charge in [-0.05, 0) is 23.8 Å². The maximum absolute atomic E-state index is 12.2. The number of hydrogen-bond donors (Lipinski definition) is 2. The minimum Gasteiger partial charge on any atom is -0.496 e. The van der Waals surface area contributed by atoms with Gasteiger partial charge in [-0.3, -0.25) is 4.79 Å². The number of carboxylic acid groups (broad SMARTS) is 1. The third kappa shape index (κ3) is 3.73. The molecule has 1 amide bonds. The van der Waals surface area contributed by atoms with Gasteiger partial charge in [0.25, 0.3) is 5.91 Å². The van der Waals surface area contributed by atoms with E-state index in [4.69, 9.17) is 4.74 Å². The molecule has 2 N–H and O–H groups in total. The normalized spacial score (nSPS) is 10.9. The Morgan fingerprint density at radius 2 is 1.68 bits per heavy atom. The summed E-state index contributed by atoms with van der Waals surface area (Å²) in [5.41, 5.74) is 0.743. The Morgan fingerprint density at radius 1 is 1.05 bits per heavy atom. The van der Waals surface area contributed by atoms with Crippen LogP contribution in [0.4, 0.5) is 0 Å². The average Bonchev–Trinajstić information content (AvgIpc) is 2.55. The predicted molar refractivity (Wildman–Crippen MR) is 82.5 cm³/mol. The van der Waals surface area contributed by atoms with Crippen LogP contribution in [-0.4, -0.2) is 24.1 Å². The van der Waals surface area contributed by atoms with E-state index in [1.165, 1.54) is 13.2 Å². The van der Waals surface area contributed by atoms with Gasteiger partial charge in [0.05, 0.1) is 12.7 Å². The lowest BCUT2D eigenvalue weighted by molar-refractivity contribution is -0.132. The first-order valence-electron chi connectivity index (χ1n) is 6.56. The number of para-hydroxylation sites is 1. The molecule has 0 unspecified atom stereocenters. The van der Waals surface area contributed by atoms with Crippen molar-refractivity contribution in [3.63, 3.8) is 0 Å². The maximum Gasteiger partial charge on any atom is 0.352 e. The highest BCUT2D eigenvalue weighted by Crippen LogP contribution is 2.17. The molecule has 0 spiro atoms. The second-order valence-corrected chi connectivity index (χ2v) is 4.43. The fraction of sp³-hybridized carbons (Fsp3) is 0.0588. The van der Waals surface area contributed by atoms with Crippen LogP contribution in [0.15, 0.2) is 60.3 Å². The summed E-state index contributed by atoms with van der Waals surface area (Å²) in [4.78, 5) is 23.5. The topological polar surface area (TPSA) is 75.6 Å². The highest BCUT2D eigenvalue weighted by atomic mass is 16.5. The minimum absolute atomic E-state index is 0.206. The molecule has 2 aromatic rings. The summed E-state index contributed by atoms with van der Waals surface area (Å²) in [6, 6.07) is 15.5. The van der Waals surface area contributed by atoms with Crippen LogP contribution in [0, 0.1) is 0 Å². The Kier molecular flexibility index (Phi) is 4.93. The molecular formula is C17H15NO4. The SMILES string of the molecule is COc1ccccc1C(=O)N/C(=C/c1ccccc1)C(=O)O. The second kappa shape index (κ2) is 7.08.